The van der Waals surface area contributed by atoms with Crippen molar-refractivity contribution in [1.82, 2.24) is 4.90 Å². The molecule has 0 bridgehead atoms. The van der Waals surface area contributed by atoms with Gasteiger partial charge in [0, 0.05) is 7.05 Å². The fourth-order valence-corrected chi connectivity index (χ4v) is 0.387. The zero-order valence-electron chi connectivity index (χ0n) is 6.79. The summed E-state index contributed by atoms with van der Waals surface area (Å²) in [6, 6.07) is 0. The van der Waals surface area contributed by atoms with Crippen molar-refractivity contribution in [1.29, 1.82) is 0 Å². The molecule has 0 atom stereocenters. The first-order valence-corrected chi connectivity index (χ1v) is 2.97. The van der Waals surface area contributed by atoms with Gasteiger partial charge >= 0.3 is 59.1 Å². The number of hydrogen-bond donors (Lipinski definition) is 0. The van der Waals surface area contributed by atoms with Gasteiger partial charge in [0.2, 0.25) is 0 Å². The van der Waals surface area contributed by atoms with Crippen LogP contribution in [0.4, 0.5) is 0 Å². The molecule has 0 amide bonds. The molecule has 0 rings (SSSR count). The Labute approximate surface area is 121 Å². The first-order chi connectivity index (χ1) is 4.04. The third kappa shape index (κ3) is 11.6. The molecule has 0 aromatic heterocycles. The molecule has 0 aliphatic rings. The van der Waals surface area contributed by atoms with Gasteiger partial charge < -0.3 is 39.6 Å². The molecule has 0 fully saturated rings. The van der Waals surface area contributed by atoms with Gasteiger partial charge in [-0.05, 0) is 0 Å². The smallest absolute Gasteiger partial charge is 0.548 e. The van der Waals surface area contributed by atoms with Crippen molar-refractivity contribution >= 4 is 35.1 Å². The van der Waals surface area contributed by atoms with E-state index in [1.54, 1.807) is 0 Å². The molecule has 0 saturated heterocycles. The van der Waals surface area contributed by atoms with E-state index in [1.807, 2.05) is 0 Å². The van der Waals surface area contributed by atoms with Crippen LogP contribution in [0.15, 0.2) is 0 Å². The van der Waals surface area contributed by atoms with E-state index >= 15 is 0 Å². The van der Waals surface area contributed by atoms with Crippen molar-refractivity contribution in [3.63, 3.8) is 0 Å². The molecule has 0 unspecified atom stereocenters. The maximum Gasteiger partial charge on any atom is 1.00 e. The standard InChI is InChI=1S/C4H7NO2S2.2Na/c1-5(4(8)9)2-3(6)7;;/h2H2,1H3,(H,6,7)(H,8,9);;/q;2*+1/p-2. The van der Waals surface area contributed by atoms with Gasteiger partial charge in [0.15, 0.2) is 0 Å². The maximum absolute atomic E-state index is 9.86. The third-order valence-electron chi connectivity index (χ3n) is 0.678. The molecule has 0 heterocycles. The van der Waals surface area contributed by atoms with Crippen molar-refractivity contribution in [2.45, 2.75) is 0 Å². The maximum atomic E-state index is 9.86. The minimum atomic E-state index is -1.18. The van der Waals surface area contributed by atoms with Gasteiger partial charge in [-0.15, -0.1) is 0 Å². The van der Waals surface area contributed by atoms with Crippen molar-refractivity contribution in [2.24, 2.45) is 0 Å². The van der Waals surface area contributed by atoms with Gasteiger partial charge in [0.05, 0.1) is 12.5 Å². The largest absolute Gasteiger partial charge is 1.00 e. The molecule has 0 aliphatic carbocycles. The van der Waals surface area contributed by atoms with Gasteiger partial charge in [-0.25, -0.2) is 0 Å². The van der Waals surface area contributed by atoms with E-state index in [9.17, 15) is 9.90 Å². The zero-order chi connectivity index (χ0) is 7.44. The molecule has 7 heteroatoms. The molecule has 0 N–H and O–H groups in total. The second-order valence-corrected chi connectivity index (χ2v) is 2.53. The number of likely N-dealkylation sites (N-methyl/N-ethyl adjacent to an activating group) is 1. The molecule has 0 radical (unpaired) electrons. The van der Waals surface area contributed by atoms with Crippen LogP contribution in [0.25, 0.3) is 0 Å². The molecule has 11 heavy (non-hydrogen) atoms. The van der Waals surface area contributed by atoms with Crippen LogP contribution in [0.2, 0.25) is 0 Å². The Morgan fingerprint density at radius 3 is 2.09 bits per heavy atom. The number of aliphatic carboxylic acids is 1. The molecule has 52 valence electrons. The van der Waals surface area contributed by atoms with Crippen LogP contribution in [0.5, 0.6) is 0 Å². The Bertz CT molecular complexity index is 144. The molecule has 3 nitrogen and oxygen atoms in total. The molecular formula is C4H5NNa2O2S2. The fourth-order valence-electron chi connectivity index (χ4n) is 0.258. The second kappa shape index (κ2) is 9.67. The first kappa shape index (κ1) is 18.4. The monoisotopic (exact) mass is 209 g/mol. The van der Waals surface area contributed by atoms with Crippen LogP contribution in [-0.2, 0) is 17.4 Å². The minimum Gasteiger partial charge on any atom is -0.548 e. The van der Waals surface area contributed by atoms with Crippen LogP contribution in [0.1, 0.15) is 0 Å². The average Bonchev–Trinajstić information content (AvgIpc) is 1.63. The van der Waals surface area contributed by atoms with E-state index < -0.39 is 5.97 Å². The first-order valence-electron chi connectivity index (χ1n) is 2.16. The van der Waals surface area contributed by atoms with E-state index in [1.165, 1.54) is 11.9 Å². The number of rotatable bonds is 2. The summed E-state index contributed by atoms with van der Waals surface area (Å²) < 4.78 is 0.138. The minimum absolute atomic E-state index is 0. The fraction of sp³-hybridized carbons (Fsp3) is 0.500. The quantitative estimate of drug-likeness (QED) is 0.257. The Balaban J connectivity index is -0.000000320. The van der Waals surface area contributed by atoms with Crippen LogP contribution in [0.3, 0.4) is 0 Å². The number of hydrogen-bond acceptors (Lipinski definition) is 4. The number of carboxylic acids is 1. The number of thiocarbonyl (C=S) groups is 1. The Kier molecular flexibility index (Phi) is 16.2. The SMILES string of the molecule is CN(CC(=O)[O-])C(=S)[S-].[Na+].[Na+]. The zero-order valence-corrected chi connectivity index (χ0v) is 12.4. The summed E-state index contributed by atoms with van der Waals surface area (Å²) in [5, 5.41) is 9.86. The Morgan fingerprint density at radius 1 is 1.64 bits per heavy atom. The van der Waals surface area contributed by atoms with E-state index in [4.69, 9.17) is 0 Å². The second-order valence-electron chi connectivity index (χ2n) is 1.49. The van der Waals surface area contributed by atoms with Gasteiger partial charge in [0.25, 0.3) is 0 Å². The van der Waals surface area contributed by atoms with Gasteiger partial charge in [-0.2, -0.15) is 0 Å². The summed E-state index contributed by atoms with van der Waals surface area (Å²) >= 11 is 8.97. The van der Waals surface area contributed by atoms with Gasteiger partial charge in [-0.3, -0.25) is 0 Å². The summed E-state index contributed by atoms with van der Waals surface area (Å²) in [5.74, 6) is -1.18. The van der Waals surface area contributed by atoms with Crippen molar-refractivity contribution < 1.29 is 69.0 Å². The number of nitrogens with zero attached hydrogens (tertiary/aromatic N) is 1. The van der Waals surface area contributed by atoms with E-state index in [-0.39, 0.29) is 70.0 Å². The Hall–Kier alpha value is 1.58. The summed E-state index contributed by atoms with van der Waals surface area (Å²) in [7, 11) is 1.51. The van der Waals surface area contributed by atoms with Gasteiger partial charge in [0.1, 0.15) is 0 Å². The van der Waals surface area contributed by atoms with Gasteiger partial charge in [-0.1, -0.05) is 4.32 Å². The number of carbonyl (C=O) groups is 1. The molecule has 0 aliphatic heterocycles. The molecule has 0 saturated carbocycles. The van der Waals surface area contributed by atoms with Crippen LogP contribution < -0.4 is 64.2 Å². The predicted molar refractivity (Wildman–Crippen MR) is 37.6 cm³/mol. The summed E-state index contributed by atoms with van der Waals surface area (Å²) in [4.78, 5) is 11.1. The Morgan fingerprint density at radius 2 is 2.00 bits per heavy atom. The van der Waals surface area contributed by atoms with Crippen LogP contribution >= 0.6 is 12.2 Å². The van der Waals surface area contributed by atoms with Crippen LogP contribution in [-0.4, -0.2) is 28.8 Å². The molecule has 0 spiro atoms. The third-order valence-corrected chi connectivity index (χ3v) is 1.30. The summed E-state index contributed by atoms with van der Waals surface area (Å²) in [6.45, 7) is -0.234. The van der Waals surface area contributed by atoms with Crippen molar-refractivity contribution in [3.8, 4) is 0 Å². The van der Waals surface area contributed by atoms with E-state index in [0.29, 0.717) is 0 Å². The van der Waals surface area contributed by atoms with E-state index in [2.05, 4.69) is 24.8 Å². The molecule has 0 aromatic carbocycles. The normalized spacial score (nSPS) is 7.00. The predicted octanol–water partition coefficient (Wildman–Crippen LogP) is -7.49. The summed E-state index contributed by atoms with van der Waals surface area (Å²) in [5.41, 5.74) is 0. The molecule has 0 aromatic rings. The van der Waals surface area contributed by atoms with Crippen molar-refractivity contribution in [3.05, 3.63) is 0 Å². The molecular weight excluding hydrogens is 204 g/mol. The topological polar surface area (TPSA) is 43.4 Å². The van der Waals surface area contributed by atoms with Crippen LogP contribution in [0, 0.1) is 0 Å². The average molecular weight is 209 g/mol. The summed E-state index contributed by atoms with van der Waals surface area (Å²) in [6.07, 6.45) is 0. The number of carbonyl (C=O) groups excluding carboxylic acids is 1. The number of carboxylic acid groups (broad SMARTS) is 1. The van der Waals surface area contributed by atoms with Crippen molar-refractivity contribution in [2.75, 3.05) is 13.6 Å². The van der Waals surface area contributed by atoms with E-state index in [0.717, 1.165) is 0 Å².